The molecule has 0 radical (unpaired) electrons. The van der Waals surface area contributed by atoms with E-state index in [-0.39, 0.29) is 11.8 Å². The molecule has 0 spiro atoms. The van der Waals surface area contributed by atoms with Crippen molar-refractivity contribution in [2.24, 2.45) is 0 Å². The van der Waals surface area contributed by atoms with Crippen LogP contribution in [-0.2, 0) is 11.3 Å². The van der Waals surface area contributed by atoms with Gasteiger partial charge in [-0.05, 0) is 44.0 Å². The molecule has 27 heavy (non-hydrogen) atoms. The molecule has 0 bridgehead atoms. The minimum Gasteiger partial charge on any atom is -0.348 e. The summed E-state index contributed by atoms with van der Waals surface area (Å²) in [6.45, 7) is 8.22. The van der Waals surface area contributed by atoms with Crippen molar-refractivity contribution >= 4 is 22.7 Å². The molecule has 0 N–H and O–H groups in total. The average molecular weight is 368 g/mol. The van der Waals surface area contributed by atoms with Crippen LogP contribution in [0.1, 0.15) is 30.1 Å². The van der Waals surface area contributed by atoms with Gasteiger partial charge in [0.1, 0.15) is 0 Å². The lowest BCUT2D eigenvalue weighted by atomic mass is 10.1. The van der Waals surface area contributed by atoms with Gasteiger partial charge in [0.05, 0.1) is 6.54 Å². The third-order valence-electron chi connectivity index (χ3n) is 5.84. The maximum absolute atomic E-state index is 12.9. The molecule has 2 saturated heterocycles. The number of hydrogen-bond donors (Lipinski definition) is 0. The number of carbonyl (C=O) groups is 2. The van der Waals surface area contributed by atoms with E-state index < -0.39 is 0 Å². The van der Waals surface area contributed by atoms with Gasteiger partial charge >= 0.3 is 0 Å². The Morgan fingerprint density at radius 3 is 2.37 bits per heavy atom. The topological polar surface area (TPSA) is 48.8 Å². The molecular formula is C21H28N4O2. The van der Waals surface area contributed by atoms with Gasteiger partial charge in [-0.3, -0.25) is 14.5 Å². The number of likely N-dealkylation sites (tertiary alicyclic amines) is 1. The Morgan fingerprint density at radius 2 is 1.67 bits per heavy atom. The van der Waals surface area contributed by atoms with Crippen molar-refractivity contribution in [1.29, 1.82) is 0 Å². The molecule has 0 aliphatic carbocycles. The normalized spacial score (nSPS) is 18.4. The minimum absolute atomic E-state index is 0.0895. The minimum atomic E-state index is 0.0895. The number of benzene rings is 1. The first kappa shape index (κ1) is 18.0. The van der Waals surface area contributed by atoms with Crippen LogP contribution in [0, 0.1) is 0 Å². The van der Waals surface area contributed by atoms with Gasteiger partial charge in [-0.1, -0.05) is 0 Å². The number of rotatable bonds is 4. The van der Waals surface area contributed by atoms with Crippen molar-refractivity contribution in [2.75, 3.05) is 45.8 Å². The van der Waals surface area contributed by atoms with Crippen molar-refractivity contribution < 1.29 is 9.59 Å². The van der Waals surface area contributed by atoms with Crippen molar-refractivity contribution in [1.82, 2.24) is 19.3 Å². The lowest BCUT2D eigenvalue weighted by Gasteiger charge is -2.35. The third-order valence-corrected chi connectivity index (χ3v) is 5.84. The third kappa shape index (κ3) is 3.72. The van der Waals surface area contributed by atoms with Crippen molar-refractivity contribution in [3.8, 4) is 0 Å². The SMILES string of the molecule is CCn1ccc2cc(C(=O)N3CCN(CC(=O)N4CCCC4)CC3)ccc21. The van der Waals surface area contributed by atoms with Crippen molar-refractivity contribution in [2.45, 2.75) is 26.3 Å². The molecule has 0 unspecified atom stereocenters. The number of aromatic nitrogens is 1. The molecule has 2 amide bonds. The quantitative estimate of drug-likeness (QED) is 0.830. The highest BCUT2D eigenvalue weighted by Crippen LogP contribution is 2.19. The first-order chi connectivity index (χ1) is 13.2. The summed E-state index contributed by atoms with van der Waals surface area (Å²) in [4.78, 5) is 31.2. The van der Waals surface area contributed by atoms with Gasteiger partial charge in [-0.25, -0.2) is 0 Å². The highest BCUT2D eigenvalue weighted by molar-refractivity contribution is 5.98. The van der Waals surface area contributed by atoms with E-state index in [1.54, 1.807) is 0 Å². The zero-order valence-corrected chi connectivity index (χ0v) is 16.1. The number of piperazine rings is 1. The van der Waals surface area contributed by atoms with Crippen LogP contribution in [-0.4, -0.2) is 76.9 Å². The van der Waals surface area contributed by atoms with E-state index in [0.29, 0.717) is 19.6 Å². The predicted octanol–water partition coefficient (Wildman–Crippen LogP) is 2.04. The fourth-order valence-electron chi connectivity index (χ4n) is 4.16. The Balaban J connectivity index is 1.35. The Hall–Kier alpha value is -2.34. The molecule has 6 nitrogen and oxygen atoms in total. The van der Waals surface area contributed by atoms with Crippen LogP contribution in [0.4, 0.5) is 0 Å². The fourth-order valence-corrected chi connectivity index (χ4v) is 4.16. The number of nitrogens with zero attached hydrogens (tertiary/aromatic N) is 4. The van der Waals surface area contributed by atoms with E-state index in [2.05, 4.69) is 28.7 Å². The molecule has 2 aliphatic rings. The summed E-state index contributed by atoms with van der Waals surface area (Å²) < 4.78 is 2.18. The first-order valence-electron chi connectivity index (χ1n) is 10.0. The summed E-state index contributed by atoms with van der Waals surface area (Å²) in [5.41, 5.74) is 1.91. The van der Waals surface area contributed by atoms with Gasteiger partial charge in [0.25, 0.3) is 5.91 Å². The standard InChI is InChI=1S/C21H28N4O2/c1-2-23-10-7-17-15-18(5-6-19(17)23)21(27)25-13-11-22(12-14-25)16-20(26)24-8-3-4-9-24/h5-7,10,15H,2-4,8-9,11-14,16H2,1H3. The molecule has 1 aromatic heterocycles. The first-order valence-corrected chi connectivity index (χ1v) is 10.0. The molecule has 4 rings (SSSR count). The molecule has 2 fully saturated rings. The summed E-state index contributed by atoms with van der Waals surface area (Å²) in [5.74, 6) is 0.324. The zero-order chi connectivity index (χ0) is 18.8. The number of hydrogen-bond acceptors (Lipinski definition) is 3. The highest BCUT2D eigenvalue weighted by Gasteiger charge is 2.25. The van der Waals surface area contributed by atoms with E-state index in [4.69, 9.17) is 0 Å². The summed E-state index contributed by atoms with van der Waals surface area (Å²) in [5, 5.41) is 1.11. The highest BCUT2D eigenvalue weighted by atomic mass is 16.2. The number of fused-ring (bicyclic) bond motifs is 1. The maximum Gasteiger partial charge on any atom is 0.253 e. The average Bonchev–Trinajstić information content (AvgIpc) is 3.37. The molecular weight excluding hydrogens is 340 g/mol. The molecule has 144 valence electrons. The van der Waals surface area contributed by atoms with Gasteiger partial charge in [0.15, 0.2) is 0 Å². The number of carbonyl (C=O) groups excluding carboxylic acids is 2. The summed E-state index contributed by atoms with van der Waals surface area (Å²) >= 11 is 0. The molecule has 2 aromatic rings. The second kappa shape index (κ2) is 7.72. The fraction of sp³-hybridized carbons (Fsp3) is 0.524. The van der Waals surface area contributed by atoms with Crippen molar-refractivity contribution in [3.63, 3.8) is 0 Å². The van der Waals surface area contributed by atoms with E-state index >= 15 is 0 Å². The van der Waals surface area contributed by atoms with Gasteiger partial charge in [0, 0.05) is 68.5 Å². The van der Waals surface area contributed by atoms with Crippen LogP contribution in [0.15, 0.2) is 30.5 Å². The van der Waals surface area contributed by atoms with E-state index in [9.17, 15) is 9.59 Å². The number of amides is 2. The van der Waals surface area contributed by atoms with Crippen LogP contribution < -0.4 is 0 Å². The summed E-state index contributed by atoms with van der Waals surface area (Å²) in [6, 6.07) is 8.03. The lowest BCUT2D eigenvalue weighted by Crippen LogP contribution is -2.51. The maximum atomic E-state index is 12.9. The van der Waals surface area contributed by atoms with Gasteiger partial charge in [-0.2, -0.15) is 0 Å². The molecule has 2 aliphatic heterocycles. The van der Waals surface area contributed by atoms with Crippen LogP contribution in [0.2, 0.25) is 0 Å². The van der Waals surface area contributed by atoms with Crippen LogP contribution in [0.3, 0.4) is 0 Å². The lowest BCUT2D eigenvalue weighted by molar-refractivity contribution is -0.131. The second-order valence-electron chi connectivity index (χ2n) is 7.53. The Kier molecular flexibility index (Phi) is 5.16. The Bertz CT molecular complexity index is 830. The second-order valence-corrected chi connectivity index (χ2v) is 7.53. The van der Waals surface area contributed by atoms with Crippen LogP contribution in [0.5, 0.6) is 0 Å². The van der Waals surface area contributed by atoms with E-state index in [1.807, 2.05) is 28.0 Å². The summed E-state index contributed by atoms with van der Waals surface area (Å²) in [6.07, 6.45) is 4.31. The largest absolute Gasteiger partial charge is 0.348 e. The van der Waals surface area contributed by atoms with Crippen LogP contribution >= 0.6 is 0 Å². The van der Waals surface area contributed by atoms with E-state index in [0.717, 1.165) is 56.5 Å². The van der Waals surface area contributed by atoms with Crippen LogP contribution in [0.25, 0.3) is 10.9 Å². The molecule has 3 heterocycles. The van der Waals surface area contributed by atoms with E-state index in [1.165, 1.54) is 5.52 Å². The molecule has 1 aromatic carbocycles. The Labute approximate surface area is 160 Å². The number of aryl methyl sites for hydroxylation is 1. The van der Waals surface area contributed by atoms with Crippen molar-refractivity contribution in [3.05, 3.63) is 36.0 Å². The molecule has 0 saturated carbocycles. The smallest absolute Gasteiger partial charge is 0.253 e. The predicted molar refractivity (Wildman–Crippen MR) is 106 cm³/mol. The molecule has 0 atom stereocenters. The van der Waals surface area contributed by atoms with Gasteiger partial charge < -0.3 is 14.4 Å². The Morgan fingerprint density at radius 1 is 0.926 bits per heavy atom. The molecule has 6 heteroatoms. The zero-order valence-electron chi connectivity index (χ0n) is 16.1. The summed E-state index contributed by atoms with van der Waals surface area (Å²) in [7, 11) is 0. The van der Waals surface area contributed by atoms with Gasteiger partial charge in [0.2, 0.25) is 5.91 Å². The monoisotopic (exact) mass is 368 g/mol. The van der Waals surface area contributed by atoms with Gasteiger partial charge in [-0.15, -0.1) is 0 Å².